The largest absolute Gasteiger partial charge is 1.00 e. The zero-order valence-corrected chi connectivity index (χ0v) is 67.5. The molecule has 0 spiro atoms. The Morgan fingerprint density at radius 2 is 0.320 bits per heavy atom. The van der Waals surface area contributed by atoms with Crippen molar-refractivity contribution in [3.05, 3.63) is 0 Å². The molecule has 536 valence electrons. The maximum atomic E-state index is 11.7. The maximum absolute atomic E-state index is 11.7. The number of rotatable bonds is 18. The molecule has 0 saturated carbocycles. The Bertz CT molecular complexity index is 2590. The molecule has 14 N–H and O–H groups in total. The van der Waals surface area contributed by atoms with Crippen LogP contribution in [0.5, 0.6) is 0 Å². The monoisotopic (exact) mass is 1600 g/mol. The second-order valence-electron chi connectivity index (χ2n) is 19.9. The quantitative estimate of drug-likeness (QED) is 0.0344. The van der Waals surface area contributed by atoms with Crippen LogP contribution in [0.15, 0.2) is 0 Å². The van der Waals surface area contributed by atoms with Crippen molar-refractivity contribution in [3.8, 4) is 0 Å². The summed E-state index contributed by atoms with van der Waals surface area (Å²) in [7, 11) is -35.1. The van der Waals surface area contributed by atoms with Crippen molar-refractivity contribution in [2.45, 2.75) is 184 Å². The molecule has 22 fully saturated rings. The standard InChI is InChI=1S/C36H60O48S6.6Na.H2O/c37-13-19(43)31-73-7(1-67-85(49,50)51)25(13)79-32-20(44)14(38)27(9(74-32)3-69-87(55,56)57)81-34-22(46)16(40)29(11(76-34)5-71-89(61,62)63)83-36-24(48)18(42)30(12(78-36)6-72-90(64,65)66)84-35-23(47)17(41)28(10(77-35)4-70-88(58,59)60)82-33-21(45)15(39)26(80-31)8(75-33)2-68-86(52,53)54;;;;;;;/h7-48H,1-6H2,(H,49,50,51)(H,52,53,54)(H,55,56,57)(H,58,59,60)(H,61,62,63)(H,64,65,66);;;;;;;1H2/q;6*+1;/p-6/t7-,8-,9-,10-,11-,12-,13-,14-,15-,16-,17-,18-,19-,20-,21-,22-,23-,24-,25-,26-,27-,28-,29-,30-,31-,32-,33-,34-,35-,36-;;;;;;;/m1......./s1. The van der Waals surface area contributed by atoms with Gasteiger partial charge in [-0.15, -0.1) is 0 Å². The smallest absolute Gasteiger partial charge is 0.726 e. The van der Waals surface area contributed by atoms with Gasteiger partial charge in [0.05, 0.1) is 39.6 Å². The average molecular weight is 1600 g/mol. The van der Waals surface area contributed by atoms with E-state index in [0.29, 0.717) is 0 Å². The van der Waals surface area contributed by atoms with E-state index in [9.17, 15) is 139 Å². The minimum absolute atomic E-state index is 0. The van der Waals surface area contributed by atoms with Gasteiger partial charge in [0.2, 0.25) is 62.4 Å². The van der Waals surface area contributed by atoms with Crippen LogP contribution in [0.1, 0.15) is 0 Å². The van der Waals surface area contributed by atoms with Gasteiger partial charge in [0.1, 0.15) is 146 Å². The third kappa shape index (κ3) is 28.5. The predicted molar refractivity (Wildman–Crippen MR) is 251 cm³/mol. The van der Waals surface area contributed by atoms with Gasteiger partial charge in [0.25, 0.3) is 0 Å². The van der Waals surface area contributed by atoms with Crippen molar-refractivity contribution < 1.29 is 404 Å². The minimum Gasteiger partial charge on any atom is -0.726 e. The normalized spacial score (nSPS) is 41.6. The van der Waals surface area contributed by atoms with Gasteiger partial charge >= 0.3 is 177 Å². The molecular weight excluding hydrogens is 1550 g/mol. The molecule has 0 amide bonds. The van der Waals surface area contributed by atoms with Crippen molar-refractivity contribution in [2.75, 3.05) is 39.6 Å². The van der Waals surface area contributed by atoms with E-state index < -0.39 is 286 Å². The Hall–Kier alpha value is 4.22. The second kappa shape index (κ2) is 41.5. The van der Waals surface area contributed by atoms with Crippen LogP contribution in [0.25, 0.3) is 0 Å². The first kappa shape index (κ1) is 101. The van der Waals surface area contributed by atoms with E-state index in [1.165, 1.54) is 0 Å². The molecule has 61 heteroatoms. The summed E-state index contributed by atoms with van der Waals surface area (Å²) in [5.41, 5.74) is 0. The van der Waals surface area contributed by atoms with Gasteiger partial charge in [0.15, 0.2) is 37.7 Å². The summed E-state index contributed by atoms with van der Waals surface area (Å²) >= 11 is 0. The van der Waals surface area contributed by atoms with E-state index in [0.717, 1.165) is 0 Å². The molecule has 0 aromatic heterocycles. The Morgan fingerprint density at radius 3 is 0.412 bits per heavy atom. The van der Waals surface area contributed by atoms with Crippen molar-refractivity contribution in [3.63, 3.8) is 0 Å². The van der Waals surface area contributed by atoms with Crippen LogP contribution in [-0.4, -0.2) is 368 Å². The molecule has 22 aliphatic heterocycles. The molecule has 49 nitrogen and oxygen atoms in total. The first-order valence-electron chi connectivity index (χ1n) is 24.9. The summed E-state index contributed by atoms with van der Waals surface area (Å²) in [5, 5.41) is 138. The molecule has 30 atom stereocenters. The molecule has 22 rings (SSSR count). The number of ether oxygens (including phenoxy) is 12. The van der Waals surface area contributed by atoms with Crippen LogP contribution in [-0.2, 0) is 144 Å². The maximum Gasteiger partial charge on any atom is 1.00 e. The third-order valence-electron chi connectivity index (χ3n) is 13.9. The summed E-state index contributed by atoms with van der Waals surface area (Å²) in [5.74, 6) is 0. The van der Waals surface area contributed by atoms with Crippen molar-refractivity contribution in [1.29, 1.82) is 0 Å². The van der Waals surface area contributed by atoms with Crippen molar-refractivity contribution >= 4 is 62.4 Å². The summed E-state index contributed by atoms with van der Waals surface area (Å²) in [6.07, 6.45) is -78.9. The van der Waals surface area contributed by atoms with Gasteiger partial charge in [0, 0.05) is 0 Å². The van der Waals surface area contributed by atoms with E-state index in [1.54, 1.807) is 0 Å². The van der Waals surface area contributed by atoms with Crippen LogP contribution in [0.3, 0.4) is 0 Å². The topological polar surface area (TPSA) is 784 Å². The molecule has 0 aliphatic carbocycles. The van der Waals surface area contributed by atoms with Crippen molar-refractivity contribution in [2.24, 2.45) is 0 Å². The molecule has 22 heterocycles. The molecule has 0 aromatic rings. The van der Waals surface area contributed by atoms with Gasteiger partial charge in [-0.05, 0) is 0 Å². The zero-order chi connectivity index (χ0) is 67.3. The summed E-state index contributed by atoms with van der Waals surface area (Å²) < 4.78 is 302. The van der Waals surface area contributed by atoms with Crippen LogP contribution >= 0.6 is 0 Å². The molecule has 0 aromatic carbocycles. The molecule has 22 aliphatic rings. The van der Waals surface area contributed by atoms with Gasteiger partial charge in [-0.2, -0.15) is 0 Å². The average Bonchev–Trinajstić information content (AvgIpc) is 0.779. The predicted octanol–water partition coefficient (Wildman–Crippen LogP) is -34.9. The molecule has 0 unspecified atom stereocenters. The van der Waals surface area contributed by atoms with Gasteiger partial charge in [-0.1, -0.05) is 0 Å². The number of hydrogen-bond acceptors (Lipinski definition) is 48. The number of aliphatic hydroxyl groups excluding tert-OH is 12. The minimum atomic E-state index is -5.86. The van der Waals surface area contributed by atoms with E-state index in [2.05, 4.69) is 25.1 Å². The molecule has 0 radical (unpaired) electrons. The zero-order valence-electron chi connectivity index (χ0n) is 50.6. The Labute approximate surface area is 681 Å². The Kier molecular flexibility index (Phi) is 43.3. The SMILES string of the molecule is O.O=S(=O)([O-])OC[C@H]1O[C@@H]2O[C@H]3[C@H](O)[C@@H](O)[C@@H](O[C@H]4[C@H](O)[C@@H](O)[C@@H](O[C@H]5[C@H](O)[C@@H](O)[C@@H](O[C@H]6[C@H](O)[C@@H](O)[C@@H](O[C@H]7[C@H](O)[C@@H](O)[C@@H](O[C@H]1[C@H](O)[C@H]2O)O[C@@H]7COS(=O)(=O)[O-])O[C@@H]6COS(=O)(=O)[O-])O[C@@H]5COS(=O)(=O)[O-])O[C@@H]4COS(=O)(=O)[O-])O[C@@H]3COS(=O)(=O)[O-].[Na+].[Na+].[Na+].[Na+].[Na+].[Na+]. The Morgan fingerprint density at radius 1 is 0.216 bits per heavy atom. The first-order chi connectivity index (χ1) is 41.3. The Balaban J connectivity index is 0.0000132. The molecular formula is C36H56Na6O49S6. The van der Waals surface area contributed by atoms with E-state index in [-0.39, 0.29) is 183 Å². The van der Waals surface area contributed by atoms with Crippen LogP contribution in [0, 0.1) is 0 Å². The van der Waals surface area contributed by atoms with Gasteiger partial charge in [-0.3, -0.25) is 25.1 Å². The summed E-state index contributed by atoms with van der Waals surface area (Å²) in [4.78, 5) is 0. The molecule has 22 saturated heterocycles. The summed E-state index contributed by atoms with van der Waals surface area (Å²) in [6, 6.07) is 0. The second-order valence-corrected chi connectivity index (χ2v) is 26.2. The van der Waals surface area contributed by atoms with E-state index in [1.807, 2.05) is 0 Å². The number of aliphatic hydroxyl groups is 12. The first-order valence-corrected chi connectivity index (χ1v) is 32.9. The van der Waals surface area contributed by atoms with Gasteiger partial charge in [-0.25, -0.2) is 50.5 Å². The fourth-order valence-corrected chi connectivity index (χ4v) is 11.6. The van der Waals surface area contributed by atoms with Crippen molar-refractivity contribution in [1.82, 2.24) is 0 Å². The van der Waals surface area contributed by atoms with E-state index >= 15 is 0 Å². The van der Waals surface area contributed by atoms with Crippen LogP contribution < -0.4 is 177 Å². The van der Waals surface area contributed by atoms with Crippen LogP contribution in [0.2, 0.25) is 0 Å². The van der Waals surface area contributed by atoms with E-state index in [4.69, 9.17) is 56.8 Å². The molecule has 97 heavy (non-hydrogen) atoms. The fourth-order valence-electron chi connectivity index (χ4n) is 9.75. The summed E-state index contributed by atoms with van der Waals surface area (Å²) in [6.45, 7) is -10.0. The van der Waals surface area contributed by atoms with Gasteiger partial charge < -0.3 is 151 Å². The number of hydrogen-bond donors (Lipinski definition) is 12. The molecule has 12 bridgehead atoms. The third-order valence-corrected chi connectivity index (χ3v) is 16.4. The fraction of sp³-hybridized carbons (Fsp3) is 1.00. The van der Waals surface area contributed by atoms with Crippen LogP contribution in [0.4, 0.5) is 0 Å².